The van der Waals surface area contributed by atoms with Crippen LogP contribution in [0.1, 0.15) is 61.7 Å². The molecule has 1 unspecified atom stereocenters. The largest absolute Gasteiger partial charge is 0.113 e. The number of rotatable bonds is 5. The molecule has 0 saturated carbocycles. The van der Waals surface area contributed by atoms with Gasteiger partial charge in [-0.1, -0.05) is 76.2 Å². The van der Waals surface area contributed by atoms with Crippen molar-refractivity contribution in [3.63, 3.8) is 0 Å². The van der Waals surface area contributed by atoms with Gasteiger partial charge < -0.3 is 0 Å². The van der Waals surface area contributed by atoms with E-state index in [0.29, 0.717) is 0 Å². The maximum absolute atomic E-state index is 6.63. The van der Waals surface area contributed by atoms with Crippen LogP contribution in [0.3, 0.4) is 0 Å². The van der Waals surface area contributed by atoms with Crippen LogP contribution >= 0.6 is 11.6 Å². The van der Waals surface area contributed by atoms with Crippen LogP contribution in [0.25, 0.3) is 0 Å². The Morgan fingerprint density at radius 3 is 1.76 bits per heavy atom. The lowest BCUT2D eigenvalue weighted by Crippen LogP contribution is -2.15. The predicted molar refractivity (Wildman–Crippen MR) is 93.3 cm³/mol. The molecule has 0 spiro atoms. The topological polar surface area (TPSA) is 0 Å². The molecule has 2 aromatic carbocycles. The Balaban J connectivity index is 2.21. The molecule has 1 heteroatoms. The molecule has 0 aliphatic carbocycles. The lowest BCUT2D eigenvalue weighted by atomic mass is 9.82. The standard InChI is InChI=1S/C20H25Cl/c1-5-15-7-9-16(10-8-15)19(21)17-11-13-18(14-12-17)20(3,4)6-2/h7-14,19H,5-6H2,1-4H3. The van der Waals surface area contributed by atoms with Gasteiger partial charge in [0, 0.05) is 0 Å². The molecule has 0 radical (unpaired) electrons. The van der Waals surface area contributed by atoms with Crippen LogP contribution in [-0.4, -0.2) is 0 Å². The van der Waals surface area contributed by atoms with E-state index < -0.39 is 0 Å². The SMILES string of the molecule is CCc1ccc(C(Cl)c2ccc(C(C)(C)CC)cc2)cc1. The molecular formula is C20H25Cl. The van der Waals surface area contributed by atoms with Gasteiger partial charge in [-0.2, -0.15) is 0 Å². The maximum Gasteiger partial charge on any atom is 0.0835 e. The van der Waals surface area contributed by atoms with Gasteiger partial charge in [0.25, 0.3) is 0 Å². The summed E-state index contributed by atoms with van der Waals surface area (Å²) in [6, 6.07) is 17.4. The fraction of sp³-hybridized carbons (Fsp3) is 0.400. The quantitative estimate of drug-likeness (QED) is 0.571. The molecule has 0 N–H and O–H groups in total. The van der Waals surface area contributed by atoms with Gasteiger partial charge in [-0.25, -0.2) is 0 Å². The minimum Gasteiger partial charge on any atom is -0.113 e. The van der Waals surface area contributed by atoms with Gasteiger partial charge >= 0.3 is 0 Å². The number of benzene rings is 2. The average Bonchev–Trinajstić information content (AvgIpc) is 2.54. The number of hydrogen-bond acceptors (Lipinski definition) is 0. The summed E-state index contributed by atoms with van der Waals surface area (Å²) in [6.45, 7) is 8.96. The fourth-order valence-electron chi connectivity index (χ4n) is 2.42. The fourth-order valence-corrected chi connectivity index (χ4v) is 2.71. The first kappa shape index (κ1) is 16.1. The van der Waals surface area contributed by atoms with Crippen molar-refractivity contribution >= 4 is 11.6 Å². The van der Waals surface area contributed by atoms with E-state index in [1.165, 1.54) is 11.1 Å². The molecule has 0 amide bonds. The Kier molecular flexibility index (Phi) is 5.11. The lowest BCUT2D eigenvalue weighted by Gasteiger charge is -2.24. The summed E-state index contributed by atoms with van der Waals surface area (Å²) in [7, 11) is 0. The van der Waals surface area contributed by atoms with Crippen molar-refractivity contribution in [3.8, 4) is 0 Å². The van der Waals surface area contributed by atoms with Crippen LogP contribution in [0, 0.1) is 0 Å². The Bertz CT molecular complexity index is 564. The Morgan fingerprint density at radius 1 is 0.857 bits per heavy atom. The number of hydrogen-bond donors (Lipinski definition) is 0. The number of alkyl halides is 1. The van der Waals surface area contributed by atoms with Crippen molar-refractivity contribution in [2.45, 2.75) is 51.3 Å². The van der Waals surface area contributed by atoms with Crippen LogP contribution in [-0.2, 0) is 11.8 Å². The Labute approximate surface area is 134 Å². The first-order chi connectivity index (χ1) is 9.97. The van der Waals surface area contributed by atoms with E-state index in [0.717, 1.165) is 24.0 Å². The van der Waals surface area contributed by atoms with E-state index in [9.17, 15) is 0 Å². The highest BCUT2D eigenvalue weighted by Gasteiger charge is 2.18. The third-order valence-corrected chi connectivity index (χ3v) is 5.05. The summed E-state index contributed by atoms with van der Waals surface area (Å²) in [5.41, 5.74) is 5.28. The molecule has 0 aromatic heterocycles. The van der Waals surface area contributed by atoms with E-state index in [2.05, 4.69) is 76.2 Å². The van der Waals surface area contributed by atoms with E-state index in [1.54, 1.807) is 0 Å². The summed E-state index contributed by atoms with van der Waals surface area (Å²) in [4.78, 5) is 0. The summed E-state index contributed by atoms with van der Waals surface area (Å²) in [5.74, 6) is 0. The minimum absolute atomic E-state index is 0.0744. The predicted octanol–water partition coefficient (Wildman–Crippen LogP) is 6.26. The molecule has 0 aliphatic rings. The van der Waals surface area contributed by atoms with E-state index in [-0.39, 0.29) is 10.8 Å². The van der Waals surface area contributed by atoms with Crippen molar-refractivity contribution < 1.29 is 0 Å². The zero-order valence-electron chi connectivity index (χ0n) is 13.5. The Hall–Kier alpha value is -1.27. The maximum atomic E-state index is 6.63. The molecule has 0 heterocycles. The van der Waals surface area contributed by atoms with Gasteiger partial charge in [0.05, 0.1) is 5.38 Å². The van der Waals surface area contributed by atoms with Gasteiger partial charge in [0.1, 0.15) is 0 Å². The highest BCUT2D eigenvalue weighted by Crippen LogP contribution is 2.32. The number of halogens is 1. The highest BCUT2D eigenvalue weighted by atomic mass is 35.5. The minimum atomic E-state index is -0.0744. The molecule has 112 valence electrons. The van der Waals surface area contributed by atoms with Crippen LogP contribution in [0.5, 0.6) is 0 Å². The molecule has 21 heavy (non-hydrogen) atoms. The molecule has 2 aromatic rings. The first-order valence-corrected chi connectivity index (χ1v) is 8.25. The van der Waals surface area contributed by atoms with E-state index in [1.807, 2.05) is 0 Å². The second-order valence-electron chi connectivity index (χ2n) is 6.32. The van der Waals surface area contributed by atoms with Crippen LogP contribution in [0.2, 0.25) is 0 Å². The molecular weight excluding hydrogens is 276 g/mol. The summed E-state index contributed by atoms with van der Waals surface area (Å²) < 4.78 is 0. The van der Waals surface area contributed by atoms with Crippen LogP contribution in [0.4, 0.5) is 0 Å². The second-order valence-corrected chi connectivity index (χ2v) is 6.75. The molecule has 0 bridgehead atoms. The molecule has 2 rings (SSSR count). The van der Waals surface area contributed by atoms with Crippen molar-refractivity contribution in [3.05, 3.63) is 70.8 Å². The van der Waals surface area contributed by atoms with Crippen LogP contribution < -0.4 is 0 Å². The monoisotopic (exact) mass is 300 g/mol. The molecule has 0 saturated heterocycles. The zero-order valence-corrected chi connectivity index (χ0v) is 14.2. The number of aryl methyl sites for hydroxylation is 1. The highest BCUT2D eigenvalue weighted by molar-refractivity contribution is 6.22. The summed E-state index contributed by atoms with van der Waals surface area (Å²) >= 11 is 6.63. The lowest BCUT2D eigenvalue weighted by molar-refractivity contribution is 0.506. The normalized spacial score (nSPS) is 13.2. The van der Waals surface area contributed by atoms with Crippen molar-refractivity contribution in [2.24, 2.45) is 0 Å². The van der Waals surface area contributed by atoms with Crippen molar-refractivity contribution in [2.75, 3.05) is 0 Å². The van der Waals surface area contributed by atoms with Gasteiger partial charge in [-0.3, -0.25) is 0 Å². The van der Waals surface area contributed by atoms with Crippen molar-refractivity contribution in [1.29, 1.82) is 0 Å². The molecule has 0 nitrogen and oxygen atoms in total. The van der Waals surface area contributed by atoms with Crippen molar-refractivity contribution in [1.82, 2.24) is 0 Å². The first-order valence-electron chi connectivity index (χ1n) is 7.81. The average molecular weight is 301 g/mol. The van der Waals surface area contributed by atoms with Crippen LogP contribution in [0.15, 0.2) is 48.5 Å². The molecule has 1 atom stereocenters. The smallest absolute Gasteiger partial charge is 0.0835 e. The third-order valence-electron chi connectivity index (χ3n) is 4.55. The summed E-state index contributed by atoms with van der Waals surface area (Å²) in [6.07, 6.45) is 2.20. The second kappa shape index (κ2) is 6.66. The van der Waals surface area contributed by atoms with E-state index >= 15 is 0 Å². The summed E-state index contributed by atoms with van der Waals surface area (Å²) in [5, 5.41) is -0.0744. The van der Waals surface area contributed by atoms with Gasteiger partial charge in [0.2, 0.25) is 0 Å². The van der Waals surface area contributed by atoms with Gasteiger partial charge in [-0.05, 0) is 40.5 Å². The zero-order chi connectivity index (χ0) is 15.5. The van der Waals surface area contributed by atoms with Gasteiger partial charge in [-0.15, -0.1) is 11.6 Å². The Morgan fingerprint density at radius 2 is 1.33 bits per heavy atom. The van der Waals surface area contributed by atoms with E-state index in [4.69, 9.17) is 11.6 Å². The molecule has 0 fully saturated rings. The molecule has 0 aliphatic heterocycles. The third kappa shape index (κ3) is 3.68. The van der Waals surface area contributed by atoms with Gasteiger partial charge in [0.15, 0.2) is 0 Å².